The third-order valence-corrected chi connectivity index (χ3v) is 5.78. The zero-order valence-corrected chi connectivity index (χ0v) is 17.0. The number of likely N-dealkylation sites (tertiary alicyclic amines) is 1. The van der Waals surface area contributed by atoms with Crippen molar-refractivity contribution < 1.29 is 19.1 Å². The Morgan fingerprint density at radius 3 is 2.74 bits per heavy atom. The van der Waals surface area contributed by atoms with E-state index in [0.29, 0.717) is 26.6 Å². The molecule has 1 aromatic rings. The topological polar surface area (TPSA) is 67.9 Å². The van der Waals surface area contributed by atoms with E-state index in [9.17, 15) is 9.59 Å². The van der Waals surface area contributed by atoms with Crippen LogP contribution in [0.25, 0.3) is 6.08 Å². The van der Waals surface area contributed by atoms with Crippen LogP contribution in [0.5, 0.6) is 11.5 Å². The van der Waals surface area contributed by atoms with Gasteiger partial charge in [-0.15, -0.1) is 0 Å². The molecule has 0 unspecified atom stereocenters. The van der Waals surface area contributed by atoms with Gasteiger partial charge in [0.15, 0.2) is 18.1 Å². The highest BCUT2D eigenvalue weighted by Gasteiger charge is 2.23. The lowest BCUT2D eigenvalue weighted by Crippen LogP contribution is -2.40. The summed E-state index contributed by atoms with van der Waals surface area (Å²) in [7, 11) is 1.54. The lowest BCUT2D eigenvalue weighted by molar-refractivity contribution is -0.134. The van der Waals surface area contributed by atoms with Gasteiger partial charge in [0, 0.05) is 13.1 Å². The van der Waals surface area contributed by atoms with Crippen LogP contribution in [-0.4, -0.2) is 47.8 Å². The second-order valence-corrected chi connectivity index (χ2v) is 8.33. The molecule has 0 saturated carbocycles. The molecular weight excluding hydrogens is 384 g/mol. The van der Waals surface area contributed by atoms with E-state index in [1.807, 2.05) is 11.0 Å². The monoisotopic (exact) mass is 406 g/mol. The van der Waals surface area contributed by atoms with Crippen LogP contribution in [0.2, 0.25) is 0 Å². The standard InChI is InChI=1S/C19H22N2O4S2/c1-12-5-7-21(8-6-12)17(22)11-25-14-4-3-13(9-15(14)24-2)10-16-18(23)20-19(26)27-16/h3-4,9-10,12H,5-8,11H2,1-2H3,(H,20,23,26)/b16-10-. The zero-order chi connectivity index (χ0) is 19.4. The first kappa shape index (κ1) is 19.7. The van der Waals surface area contributed by atoms with Crippen LogP contribution in [-0.2, 0) is 9.59 Å². The van der Waals surface area contributed by atoms with Gasteiger partial charge in [0.2, 0.25) is 0 Å². The van der Waals surface area contributed by atoms with Gasteiger partial charge in [-0.05, 0) is 42.5 Å². The Hall–Kier alpha value is -2.06. The molecule has 2 aliphatic rings. The molecule has 3 rings (SSSR count). The molecule has 144 valence electrons. The smallest absolute Gasteiger partial charge is 0.263 e. The zero-order valence-electron chi connectivity index (χ0n) is 15.3. The van der Waals surface area contributed by atoms with Crippen molar-refractivity contribution in [2.75, 3.05) is 26.8 Å². The summed E-state index contributed by atoms with van der Waals surface area (Å²) in [6, 6.07) is 5.32. The number of hydrogen-bond donors (Lipinski definition) is 1. The minimum atomic E-state index is -0.203. The van der Waals surface area contributed by atoms with Gasteiger partial charge in [-0.3, -0.25) is 9.59 Å². The van der Waals surface area contributed by atoms with Gasteiger partial charge >= 0.3 is 0 Å². The summed E-state index contributed by atoms with van der Waals surface area (Å²) in [4.78, 5) is 26.5. The third kappa shape index (κ3) is 5.01. The molecule has 2 fully saturated rings. The maximum absolute atomic E-state index is 12.3. The molecule has 8 heteroatoms. The van der Waals surface area contributed by atoms with Crippen LogP contribution in [0.1, 0.15) is 25.3 Å². The van der Waals surface area contributed by atoms with Crippen LogP contribution in [0.3, 0.4) is 0 Å². The molecule has 1 N–H and O–H groups in total. The molecule has 27 heavy (non-hydrogen) atoms. The Morgan fingerprint density at radius 1 is 1.37 bits per heavy atom. The van der Waals surface area contributed by atoms with Crippen molar-refractivity contribution in [1.82, 2.24) is 10.2 Å². The first-order valence-electron chi connectivity index (χ1n) is 8.79. The van der Waals surface area contributed by atoms with E-state index in [1.54, 1.807) is 25.3 Å². The van der Waals surface area contributed by atoms with Gasteiger partial charge in [-0.2, -0.15) is 0 Å². The molecule has 1 aromatic carbocycles. The Balaban J connectivity index is 1.64. The van der Waals surface area contributed by atoms with Crippen LogP contribution >= 0.6 is 24.0 Å². The van der Waals surface area contributed by atoms with Gasteiger partial charge in [0.05, 0.1) is 12.0 Å². The Kier molecular flexibility index (Phi) is 6.38. The Morgan fingerprint density at radius 2 is 2.11 bits per heavy atom. The van der Waals surface area contributed by atoms with E-state index < -0.39 is 0 Å². The van der Waals surface area contributed by atoms with E-state index in [-0.39, 0.29) is 18.4 Å². The highest BCUT2D eigenvalue weighted by Crippen LogP contribution is 2.31. The molecule has 6 nitrogen and oxygen atoms in total. The van der Waals surface area contributed by atoms with Crippen LogP contribution < -0.4 is 14.8 Å². The maximum atomic E-state index is 12.3. The highest BCUT2D eigenvalue weighted by atomic mass is 32.2. The van der Waals surface area contributed by atoms with E-state index >= 15 is 0 Å². The number of carbonyl (C=O) groups excluding carboxylic acids is 2. The number of rotatable bonds is 5. The summed E-state index contributed by atoms with van der Waals surface area (Å²) in [5.41, 5.74) is 0.790. The molecule has 0 atom stereocenters. The number of nitrogens with zero attached hydrogens (tertiary/aromatic N) is 1. The molecule has 0 spiro atoms. The molecule has 0 bridgehead atoms. The minimum Gasteiger partial charge on any atom is -0.493 e. The second kappa shape index (κ2) is 8.75. The summed E-state index contributed by atoms with van der Waals surface area (Å²) in [6.07, 6.45) is 3.81. The number of amides is 2. The van der Waals surface area contributed by atoms with Gasteiger partial charge in [-0.25, -0.2) is 0 Å². The molecular formula is C19H22N2O4S2. The van der Waals surface area contributed by atoms with Crippen molar-refractivity contribution in [3.05, 3.63) is 28.7 Å². The number of benzene rings is 1. The fourth-order valence-corrected chi connectivity index (χ4v) is 4.00. The van der Waals surface area contributed by atoms with Crippen molar-refractivity contribution in [1.29, 1.82) is 0 Å². The molecule has 2 aliphatic heterocycles. The van der Waals surface area contributed by atoms with E-state index in [1.165, 1.54) is 11.8 Å². The Bertz CT molecular complexity index is 786. The predicted octanol–water partition coefficient (Wildman–Crippen LogP) is 2.82. The fraction of sp³-hybridized carbons (Fsp3) is 0.421. The van der Waals surface area contributed by atoms with Crippen molar-refractivity contribution in [3.63, 3.8) is 0 Å². The fourth-order valence-electron chi connectivity index (χ4n) is 2.95. The van der Waals surface area contributed by atoms with Crippen molar-refractivity contribution in [3.8, 4) is 11.5 Å². The quantitative estimate of drug-likeness (QED) is 0.599. The number of piperidine rings is 1. The van der Waals surface area contributed by atoms with E-state index in [0.717, 1.165) is 31.5 Å². The largest absolute Gasteiger partial charge is 0.493 e. The van der Waals surface area contributed by atoms with Gasteiger partial charge in [0.1, 0.15) is 4.32 Å². The summed E-state index contributed by atoms with van der Waals surface area (Å²) >= 11 is 6.21. The molecule has 2 saturated heterocycles. The van der Waals surface area contributed by atoms with Gasteiger partial charge < -0.3 is 19.7 Å². The second-order valence-electron chi connectivity index (χ2n) is 6.61. The van der Waals surface area contributed by atoms with E-state index in [2.05, 4.69) is 12.2 Å². The average Bonchev–Trinajstić information content (AvgIpc) is 2.97. The third-order valence-electron chi connectivity index (χ3n) is 4.61. The first-order valence-corrected chi connectivity index (χ1v) is 10.0. The van der Waals surface area contributed by atoms with Crippen molar-refractivity contribution in [2.45, 2.75) is 19.8 Å². The lowest BCUT2D eigenvalue weighted by Gasteiger charge is -2.30. The van der Waals surface area contributed by atoms with Crippen LogP contribution in [0.15, 0.2) is 23.1 Å². The first-order chi connectivity index (χ1) is 13.0. The van der Waals surface area contributed by atoms with Crippen molar-refractivity contribution >= 4 is 46.2 Å². The molecule has 0 aromatic heterocycles. The summed E-state index contributed by atoms with van der Waals surface area (Å²) in [5, 5.41) is 2.58. The molecule has 0 radical (unpaired) electrons. The number of ether oxygens (including phenoxy) is 2. The van der Waals surface area contributed by atoms with Crippen molar-refractivity contribution in [2.24, 2.45) is 5.92 Å². The molecule has 2 amide bonds. The average molecular weight is 407 g/mol. The summed E-state index contributed by atoms with van der Waals surface area (Å²) < 4.78 is 11.5. The maximum Gasteiger partial charge on any atom is 0.263 e. The minimum absolute atomic E-state index is 0.0114. The predicted molar refractivity (Wildman–Crippen MR) is 110 cm³/mol. The number of carbonyl (C=O) groups is 2. The summed E-state index contributed by atoms with van der Waals surface area (Å²) in [5.74, 6) is 1.47. The highest BCUT2D eigenvalue weighted by molar-refractivity contribution is 8.26. The SMILES string of the molecule is COc1cc(/C=C2\SC(=S)NC2=O)ccc1OCC(=O)N1CCC(C)CC1. The van der Waals surface area contributed by atoms with E-state index in [4.69, 9.17) is 21.7 Å². The number of thioether (sulfide) groups is 1. The normalized spacial score (nSPS) is 19.3. The Labute approximate surface area is 168 Å². The number of methoxy groups -OCH3 is 1. The van der Waals surface area contributed by atoms with Crippen LogP contribution in [0, 0.1) is 5.92 Å². The number of nitrogens with one attached hydrogen (secondary N) is 1. The number of thiocarbonyl (C=S) groups is 1. The van der Waals surface area contributed by atoms with Crippen LogP contribution in [0.4, 0.5) is 0 Å². The molecule has 2 heterocycles. The van der Waals surface area contributed by atoms with Gasteiger partial charge in [-0.1, -0.05) is 37.0 Å². The van der Waals surface area contributed by atoms with Gasteiger partial charge in [0.25, 0.3) is 11.8 Å². The lowest BCUT2D eigenvalue weighted by atomic mass is 9.99. The molecule has 0 aliphatic carbocycles. The number of hydrogen-bond acceptors (Lipinski definition) is 6. The summed E-state index contributed by atoms with van der Waals surface area (Å²) in [6.45, 7) is 3.77.